The Hall–Kier alpha value is -2.77. The van der Waals surface area contributed by atoms with E-state index < -0.39 is 0 Å². The molecule has 0 radical (unpaired) electrons. The highest BCUT2D eigenvalue weighted by Gasteiger charge is 2.24. The molecule has 0 bridgehead atoms. The van der Waals surface area contributed by atoms with Crippen molar-refractivity contribution in [3.8, 4) is 11.5 Å². The zero-order valence-corrected chi connectivity index (χ0v) is 17.9. The highest BCUT2D eigenvalue weighted by Crippen LogP contribution is 2.24. The molecule has 1 heterocycles. The van der Waals surface area contributed by atoms with E-state index in [1.54, 1.807) is 54.5 Å². The zero-order valence-electron chi connectivity index (χ0n) is 17.2. The fraction of sp³-hybridized carbons (Fsp3) is 0.364. The number of nitrogens with zero attached hydrogens (tertiary/aromatic N) is 2. The summed E-state index contributed by atoms with van der Waals surface area (Å²) in [5.74, 6) is 1.05. The summed E-state index contributed by atoms with van der Waals surface area (Å²) in [5.41, 5.74) is 1.08. The van der Waals surface area contributed by atoms with E-state index in [9.17, 15) is 9.59 Å². The van der Waals surface area contributed by atoms with Gasteiger partial charge in [0, 0.05) is 49.9 Å². The summed E-state index contributed by atoms with van der Waals surface area (Å²) in [7, 11) is 3.13. The lowest BCUT2D eigenvalue weighted by atomic mass is 10.1. The standard InChI is InChI=1S/C22H26ClN3O4/c1-29-18-6-3-16(4-7-18)21(27)24-9-10-25-11-13-26(14-12-25)22(28)19-15-17(23)5-8-20(19)30-2/h3-8,15H,9-14H2,1-2H3,(H,24,27). The quantitative estimate of drug-likeness (QED) is 0.729. The smallest absolute Gasteiger partial charge is 0.257 e. The summed E-state index contributed by atoms with van der Waals surface area (Å²) in [6, 6.07) is 12.1. The first-order valence-electron chi connectivity index (χ1n) is 9.79. The van der Waals surface area contributed by atoms with Crippen molar-refractivity contribution in [1.29, 1.82) is 0 Å². The maximum atomic E-state index is 12.8. The number of rotatable bonds is 7. The Balaban J connectivity index is 1.45. The van der Waals surface area contributed by atoms with Crippen LogP contribution in [0.2, 0.25) is 5.02 Å². The van der Waals surface area contributed by atoms with Crippen molar-refractivity contribution in [3.05, 3.63) is 58.6 Å². The fourth-order valence-corrected chi connectivity index (χ4v) is 3.54. The van der Waals surface area contributed by atoms with E-state index in [4.69, 9.17) is 21.1 Å². The fourth-order valence-electron chi connectivity index (χ4n) is 3.36. The molecular formula is C22H26ClN3O4. The average molecular weight is 432 g/mol. The largest absolute Gasteiger partial charge is 0.497 e. The van der Waals surface area contributed by atoms with E-state index >= 15 is 0 Å². The Labute approximate surface area is 181 Å². The van der Waals surface area contributed by atoms with Crippen molar-refractivity contribution in [2.24, 2.45) is 0 Å². The summed E-state index contributed by atoms with van der Waals surface area (Å²) in [6.07, 6.45) is 0. The Morgan fingerprint density at radius 1 is 1.00 bits per heavy atom. The summed E-state index contributed by atoms with van der Waals surface area (Å²) in [6.45, 7) is 3.98. The number of benzene rings is 2. The van der Waals surface area contributed by atoms with Gasteiger partial charge in [-0.15, -0.1) is 0 Å². The van der Waals surface area contributed by atoms with E-state index in [-0.39, 0.29) is 11.8 Å². The molecule has 0 aliphatic carbocycles. The van der Waals surface area contributed by atoms with Crippen LogP contribution in [0.25, 0.3) is 0 Å². The minimum atomic E-state index is -0.112. The van der Waals surface area contributed by atoms with Gasteiger partial charge in [-0.3, -0.25) is 14.5 Å². The van der Waals surface area contributed by atoms with Crippen LogP contribution in [0.15, 0.2) is 42.5 Å². The summed E-state index contributed by atoms with van der Waals surface area (Å²) < 4.78 is 10.4. The SMILES string of the molecule is COc1ccc(C(=O)NCCN2CCN(C(=O)c3cc(Cl)ccc3OC)CC2)cc1. The maximum absolute atomic E-state index is 12.8. The van der Waals surface area contributed by atoms with Crippen LogP contribution >= 0.6 is 11.6 Å². The molecule has 3 rings (SSSR count). The Bertz CT molecular complexity index is 880. The normalized spacial score (nSPS) is 14.3. The van der Waals surface area contributed by atoms with Crippen molar-refractivity contribution >= 4 is 23.4 Å². The molecule has 0 spiro atoms. The molecule has 1 fully saturated rings. The molecule has 0 unspecified atom stereocenters. The topological polar surface area (TPSA) is 71.1 Å². The molecule has 7 nitrogen and oxygen atoms in total. The monoisotopic (exact) mass is 431 g/mol. The van der Waals surface area contributed by atoms with Gasteiger partial charge in [0.15, 0.2) is 0 Å². The zero-order chi connectivity index (χ0) is 21.5. The van der Waals surface area contributed by atoms with Crippen molar-refractivity contribution in [2.45, 2.75) is 0 Å². The Morgan fingerprint density at radius 3 is 2.33 bits per heavy atom. The van der Waals surface area contributed by atoms with Gasteiger partial charge in [0.1, 0.15) is 11.5 Å². The third kappa shape index (κ3) is 5.43. The number of nitrogens with one attached hydrogen (secondary N) is 1. The van der Waals surface area contributed by atoms with Crippen LogP contribution in [0.4, 0.5) is 0 Å². The number of carbonyl (C=O) groups excluding carboxylic acids is 2. The molecule has 1 aliphatic heterocycles. The minimum Gasteiger partial charge on any atom is -0.497 e. The van der Waals surface area contributed by atoms with Gasteiger partial charge in [0.2, 0.25) is 0 Å². The van der Waals surface area contributed by atoms with Gasteiger partial charge in [-0.05, 0) is 42.5 Å². The van der Waals surface area contributed by atoms with Gasteiger partial charge in [-0.25, -0.2) is 0 Å². The first kappa shape index (κ1) is 21.9. The molecule has 2 aromatic rings. The van der Waals surface area contributed by atoms with E-state index in [1.807, 2.05) is 0 Å². The molecule has 1 aliphatic rings. The summed E-state index contributed by atoms with van der Waals surface area (Å²) in [4.78, 5) is 29.1. The summed E-state index contributed by atoms with van der Waals surface area (Å²) >= 11 is 6.05. The van der Waals surface area contributed by atoms with Crippen molar-refractivity contribution in [2.75, 3.05) is 53.5 Å². The number of amides is 2. The Morgan fingerprint density at radius 2 is 1.70 bits per heavy atom. The van der Waals surface area contributed by atoms with E-state index in [2.05, 4.69) is 10.2 Å². The van der Waals surface area contributed by atoms with Gasteiger partial charge >= 0.3 is 0 Å². The number of carbonyl (C=O) groups is 2. The molecular weight excluding hydrogens is 406 g/mol. The number of methoxy groups -OCH3 is 2. The van der Waals surface area contributed by atoms with Crippen LogP contribution in [0.3, 0.4) is 0 Å². The number of halogens is 1. The van der Waals surface area contributed by atoms with Crippen LogP contribution in [0, 0.1) is 0 Å². The molecule has 0 atom stereocenters. The molecule has 0 aromatic heterocycles. The minimum absolute atomic E-state index is 0.0817. The maximum Gasteiger partial charge on any atom is 0.257 e. The second-order valence-electron chi connectivity index (χ2n) is 6.96. The first-order chi connectivity index (χ1) is 14.5. The van der Waals surface area contributed by atoms with Gasteiger partial charge in [0.05, 0.1) is 19.8 Å². The van der Waals surface area contributed by atoms with Gasteiger partial charge in [-0.2, -0.15) is 0 Å². The molecule has 8 heteroatoms. The molecule has 0 saturated carbocycles. The lowest BCUT2D eigenvalue weighted by molar-refractivity contribution is 0.0635. The highest BCUT2D eigenvalue weighted by molar-refractivity contribution is 6.31. The lowest BCUT2D eigenvalue weighted by Gasteiger charge is -2.35. The molecule has 160 valence electrons. The predicted molar refractivity (Wildman–Crippen MR) is 116 cm³/mol. The van der Waals surface area contributed by atoms with E-state index in [1.165, 1.54) is 7.11 Å². The molecule has 2 amide bonds. The van der Waals surface area contributed by atoms with Crippen LogP contribution in [-0.4, -0.2) is 75.1 Å². The molecule has 1 saturated heterocycles. The van der Waals surface area contributed by atoms with Gasteiger partial charge in [-0.1, -0.05) is 11.6 Å². The molecule has 2 aromatic carbocycles. The highest BCUT2D eigenvalue weighted by atomic mass is 35.5. The van der Waals surface area contributed by atoms with Crippen LogP contribution in [0.5, 0.6) is 11.5 Å². The molecule has 30 heavy (non-hydrogen) atoms. The second kappa shape index (κ2) is 10.3. The lowest BCUT2D eigenvalue weighted by Crippen LogP contribution is -2.50. The third-order valence-corrected chi connectivity index (χ3v) is 5.35. The predicted octanol–water partition coefficient (Wildman–Crippen LogP) is 2.55. The molecule has 1 N–H and O–H groups in total. The van der Waals surface area contributed by atoms with Crippen LogP contribution in [-0.2, 0) is 0 Å². The second-order valence-corrected chi connectivity index (χ2v) is 7.40. The number of piperazine rings is 1. The number of hydrogen-bond donors (Lipinski definition) is 1. The first-order valence-corrected chi connectivity index (χ1v) is 10.2. The van der Waals surface area contributed by atoms with E-state index in [0.29, 0.717) is 41.5 Å². The average Bonchev–Trinajstić information content (AvgIpc) is 2.79. The van der Waals surface area contributed by atoms with Crippen molar-refractivity contribution in [3.63, 3.8) is 0 Å². The Kier molecular flexibility index (Phi) is 7.54. The van der Waals surface area contributed by atoms with Crippen molar-refractivity contribution in [1.82, 2.24) is 15.1 Å². The van der Waals surface area contributed by atoms with Crippen LogP contribution in [0.1, 0.15) is 20.7 Å². The van der Waals surface area contributed by atoms with Gasteiger partial charge in [0.25, 0.3) is 11.8 Å². The third-order valence-electron chi connectivity index (χ3n) is 5.12. The number of ether oxygens (including phenoxy) is 2. The van der Waals surface area contributed by atoms with E-state index in [0.717, 1.165) is 25.4 Å². The summed E-state index contributed by atoms with van der Waals surface area (Å²) in [5, 5.41) is 3.44. The van der Waals surface area contributed by atoms with Gasteiger partial charge < -0.3 is 19.7 Å². The number of hydrogen-bond acceptors (Lipinski definition) is 5. The van der Waals surface area contributed by atoms with Crippen molar-refractivity contribution < 1.29 is 19.1 Å². The van der Waals surface area contributed by atoms with Crippen LogP contribution < -0.4 is 14.8 Å².